The normalized spacial score (nSPS) is 10.1. The number of rotatable bonds is 7. The van der Waals surface area contributed by atoms with E-state index in [0.29, 0.717) is 13.1 Å². The molecule has 0 aliphatic heterocycles. The van der Waals surface area contributed by atoms with Crippen molar-refractivity contribution in [1.82, 2.24) is 10.6 Å². The van der Waals surface area contributed by atoms with Gasteiger partial charge >= 0.3 is 0 Å². The minimum absolute atomic E-state index is 0.0266. The molecular formula is C11H22N2O2. The van der Waals surface area contributed by atoms with E-state index in [0.717, 1.165) is 19.3 Å². The first kappa shape index (κ1) is 13.9. The zero-order valence-electron chi connectivity index (χ0n) is 9.93. The predicted molar refractivity (Wildman–Crippen MR) is 60.4 cm³/mol. The molecule has 4 nitrogen and oxygen atoms in total. The number of carbonyl (C=O) groups excluding carboxylic acids is 2. The Kier molecular flexibility index (Phi) is 7.68. The smallest absolute Gasteiger partial charge is 0.223 e. The molecule has 0 atom stereocenters. The molecular weight excluding hydrogens is 192 g/mol. The summed E-state index contributed by atoms with van der Waals surface area (Å²) in [5.41, 5.74) is 0. The second-order valence-corrected chi connectivity index (χ2v) is 3.64. The summed E-state index contributed by atoms with van der Waals surface area (Å²) >= 11 is 0. The molecule has 0 radical (unpaired) electrons. The van der Waals surface area contributed by atoms with E-state index in [4.69, 9.17) is 0 Å². The molecule has 0 bridgehead atoms. The molecule has 0 aromatic rings. The lowest BCUT2D eigenvalue weighted by molar-refractivity contribution is -0.125. The molecule has 0 aliphatic rings. The van der Waals surface area contributed by atoms with E-state index in [1.807, 2.05) is 13.8 Å². The standard InChI is InChI=1S/C11H22N2O2/c1-4-10(5-2)11(15)13-8-6-7-12-9(3)14/h10H,4-8H2,1-3H3,(H,12,14)(H,13,15). The van der Waals surface area contributed by atoms with Crippen molar-refractivity contribution >= 4 is 11.8 Å². The first-order chi connectivity index (χ1) is 7.11. The van der Waals surface area contributed by atoms with E-state index < -0.39 is 0 Å². The summed E-state index contributed by atoms with van der Waals surface area (Å²) in [6, 6.07) is 0. The van der Waals surface area contributed by atoms with Gasteiger partial charge in [-0.2, -0.15) is 0 Å². The van der Waals surface area contributed by atoms with Crippen molar-refractivity contribution in [3.05, 3.63) is 0 Å². The van der Waals surface area contributed by atoms with Crippen LogP contribution in [0.5, 0.6) is 0 Å². The Bertz CT molecular complexity index is 201. The zero-order chi connectivity index (χ0) is 11.7. The van der Waals surface area contributed by atoms with Crippen LogP contribution in [0.3, 0.4) is 0 Å². The van der Waals surface area contributed by atoms with Crippen molar-refractivity contribution in [2.75, 3.05) is 13.1 Å². The summed E-state index contributed by atoms with van der Waals surface area (Å²) in [5.74, 6) is 0.231. The van der Waals surface area contributed by atoms with Gasteiger partial charge < -0.3 is 10.6 Å². The summed E-state index contributed by atoms with van der Waals surface area (Å²) in [6.07, 6.45) is 2.55. The van der Waals surface area contributed by atoms with E-state index in [9.17, 15) is 9.59 Å². The third-order valence-electron chi connectivity index (χ3n) is 2.38. The molecule has 0 rings (SSSR count). The van der Waals surface area contributed by atoms with Gasteiger partial charge in [-0.15, -0.1) is 0 Å². The van der Waals surface area contributed by atoms with Crippen LogP contribution in [0.15, 0.2) is 0 Å². The third kappa shape index (κ3) is 6.94. The van der Waals surface area contributed by atoms with Crippen LogP contribution in [0, 0.1) is 5.92 Å². The Morgan fingerprint density at radius 2 is 1.60 bits per heavy atom. The van der Waals surface area contributed by atoms with Gasteiger partial charge in [-0.05, 0) is 19.3 Å². The SMILES string of the molecule is CCC(CC)C(=O)NCCCNC(C)=O. The fourth-order valence-electron chi connectivity index (χ4n) is 1.37. The maximum absolute atomic E-state index is 11.5. The molecule has 0 saturated carbocycles. The van der Waals surface area contributed by atoms with Gasteiger partial charge in [0.25, 0.3) is 0 Å². The maximum Gasteiger partial charge on any atom is 0.223 e. The van der Waals surface area contributed by atoms with Gasteiger partial charge in [0.1, 0.15) is 0 Å². The molecule has 0 aliphatic carbocycles. The second kappa shape index (κ2) is 8.26. The van der Waals surface area contributed by atoms with Crippen molar-refractivity contribution in [3.63, 3.8) is 0 Å². The lowest BCUT2D eigenvalue weighted by Crippen LogP contribution is -2.32. The lowest BCUT2D eigenvalue weighted by atomic mass is 10.0. The quantitative estimate of drug-likeness (QED) is 0.623. The highest BCUT2D eigenvalue weighted by molar-refractivity contribution is 5.78. The zero-order valence-corrected chi connectivity index (χ0v) is 9.93. The Balaban J connectivity index is 3.50. The van der Waals surface area contributed by atoms with E-state index in [2.05, 4.69) is 10.6 Å². The molecule has 4 heteroatoms. The Hall–Kier alpha value is -1.06. The molecule has 88 valence electrons. The summed E-state index contributed by atoms with van der Waals surface area (Å²) < 4.78 is 0. The Morgan fingerprint density at radius 1 is 1.07 bits per heavy atom. The largest absolute Gasteiger partial charge is 0.356 e. The van der Waals surface area contributed by atoms with Crippen LogP contribution in [-0.4, -0.2) is 24.9 Å². The number of amides is 2. The van der Waals surface area contributed by atoms with Crippen LogP contribution in [0.4, 0.5) is 0 Å². The molecule has 0 heterocycles. The van der Waals surface area contributed by atoms with E-state index in [1.165, 1.54) is 6.92 Å². The summed E-state index contributed by atoms with van der Waals surface area (Å²) in [6.45, 7) is 6.78. The molecule has 0 aromatic carbocycles. The summed E-state index contributed by atoms with van der Waals surface area (Å²) in [5, 5.41) is 5.55. The maximum atomic E-state index is 11.5. The van der Waals surface area contributed by atoms with Gasteiger partial charge in [0.05, 0.1) is 0 Å². The Morgan fingerprint density at radius 3 is 2.07 bits per heavy atom. The molecule has 0 aromatic heterocycles. The molecule has 15 heavy (non-hydrogen) atoms. The van der Waals surface area contributed by atoms with Crippen LogP contribution in [0.25, 0.3) is 0 Å². The van der Waals surface area contributed by atoms with Crippen LogP contribution < -0.4 is 10.6 Å². The molecule has 0 unspecified atom stereocenters. The number of hydrogen-bond acceptors (Lipinski definition) is 2. The minimum atomic E-state index is -0.0266. The first-order valence-electron chi connectivity index (χ1n) is 5.63. The van der Waals surface area contributed by atoms with Crippen molar-refractivity contribution in [3.8, 4) is 0 Å². The monoisotopic (exact) mass is 214 g/mol. The Labute approximate surface area is 91.8 Å². The van der Waals surface area contributed by atoms with Gasteiger partial charge in [0.2, 0.25) is 11.8 Å². The van der Waals surface area contributed by atoms with E-state index >= 15 is 0 Å². The van der Waals surface area contributed by atoms with Crippen molar-refractivity contribution in [1.29, 1.82) is 0 Å². The average Bonchev–Trinajstić information content (AvgIpc) is 2.18. The van der Waals surface area contributed by atoms with Gasteiger partial charge in [0, 0.05) is 25.9 Å². The fraction of sp³-hybridized carbons (Fsp3) is 0.818. The number of nitrogens with one attached hydrogen (secondary N) is 2. The van der Waals surface area contributed by atoms with Gasteiger partial charge in [-0.25, -0.2) is 0 Å². The molecule has 2 N–H and O–H groups in total. The topological polar surface area (TPSA) is 58.2 Å². The van der Waals surface area contributed by atoms with Crippen molar-refractivity contribution < 1.29 is 9.59 Å². The van der Waals surface area contributed by atoms with Crippen molar-refractivity contribution in [2.45, 2.75) is 40.0 Å². The van der Waals surface area contributed by atoms with Crippen LogP contribution in [0.2, 0.25) is 0 Å². The molecule has 0 spiro atoms. The van der Waals surface area contributed by atoms with Gasteiger partial charge in [-0.1, -0.05) is 13.8 Å². The fourth-order valence-corrected chi connectivity index (χ4v) is 1.37. The van der Waals surface area contributed by atoms with Crippen LogP contribution in [-0.2, 0) is 9.59 Å². The van der Waals surface area contributed by atoms with Gasteiger partial charge in [0.15, 0.2) is 0 Å². The predicted octanol–water partition coefficient (Wildman–Crippen LogP) is 1.06. The highest BCUT2D eigenvalue weighted by Crippen LogP contribution is 2.06. The number of hydrogen-bond donors (Lipinski definition) is 2. The van der Waals surface area contributed by atoms with E-state index in [1.54, 1.807) is 0 Å². The summed E-state index contributed by atoms with van der Waals surface area (Å²) in [4.78, 5) is 22.0. The minimum Gasteiger partial charge on any atom is -0.356 e. The van der Waals surface area contributed by atoms with E-state index in [-0.39, 0.29) is 17.7 Å². The van der Waals surface area contributed by atoms with Crippen LogP contribution >= 0.6 is 0 Å². The highest BCUT2D eigenvalue weighted by Gasteiger charge is 2.12. The third-order valence-corrected chi connectivity index (χ3v) is 2.38. The first-order valence-corrected chi connectivity index (χ1v) is 5.63. The summed E-state index contributed by atoms with van der Waals surface area (Å²) in [7, 11) is 0. The average molecular weight is 214 g/mol. The number of carbonyl (C=O) groups is 2. The van der Waals surface area contributed by atoms with Gasteiger partial charge in [-0.3, -0.25) is 9.59 Å². The molecule has 0 fully saturated rings. The molecule has 0 saturated heterocycles. The highest BCUT2D eigenvalue weighted by atomic mass is 16.2. The molecule has 2 amide bonds. The lowest BCUT2D eigenvalue weighted by Gasteiger charge is -2.12. The second-order valence-electron chi connectivity index (χ2n) is 3.64. The van der Waals surface area contributed by atoms with Crippen LogP contribution in [0.1, 0.15) is 40.0 Å². The van der Waals surface area contributed by atoms with Crippen molar-refractivity contribution in [2.24, 2.45) is 5.92 Å².